The van der Waals surface area contributed by atoms with Crippen LogP contribution in [-0.2, 0) is 17.8 Å². The molecule has 2 rings (SSSR count). The molecule has 0 unspecified atom stereocenters. The lowest BCUT2D eigenvalue weighted by Gasteiger charge is -2.06. The molecule has 2 aromatic carbocycles. The van der Waals surface area contributed by atoms with Gasteiger partial charge in [0.05, 0.1) is 0 Å². The molecule has 4 heteroatoms. The van der Waals surface area contributed by atoms with Gasteiger partial charge in [0.1, 0.15) is 11.6 Å². The average Bonchev–Trinajstić information content (AvgIpc) is 2.62. The van der Waals surface area contributed by atoms with Gasteiger partial charge in [-0.1, -0.05) is 49.4 Å². The van der Waals surface area contributed by atoms with Crippen molar-refractivity contribution >= 4 is 11.6 Å². The molecule has 0 radical (unpaired) electrons. The minimum atomic E-state index is -0.394. The number of nitrogens with zero attached hydrogens (tertiary/aromatic N) is 1. The monoisotopic (exact) mass is 305 g/mol. The van der Waals surface area contributed by atoms with Gasteiger partial charge in [-0.25, -0.2) is 0 Å². The zero-order valence-electron chi connectivity index (χ0n) is 13.0. The maximum absolute atomic E-state index is 12.0. The highest BCUT2D eigenvalue weighted by Gasteiger charge is 2.08. The number of nitriles is 1. The number of benzene rings is 2. The molecule has 0 spiro atoms. The van der Waals surface area contributed by atoms with Gasteiger partial charge in [-0.2, -0.15) is 5.26 Å². The third kappa shape index (κ3) is 5.01. The number of carbonyl (C=O) groups is 1. The Hall–Kier alpha value is -3.06. The molecule has 0 aliphatic heterocycles. The molecule has 0 atom stereocenters. The van der Waals surface area contributed by atoms with E-state index in [0.29, 0.717) is 6.54 Å². The van der Waals surface area contributed by atoms with Crippen molar-refractivity contribution in [3.8, 4) is 6.07 Å². The van der Waals surface area contributed by atoms with Crippen LogP contribution in [0.15, 0.2) is 66.4 Å². The van der Waals surface area contributed by atoms with E-state index in [-0.39, 0.29) is 5.57 Å². The zero-order valence-corrected chi connectivity index (χ0v) is 13.0. The second-order valence-electron chi connectivity index (χ2n) is 5.03. The number of carbonyl (C=O) groups excluding carboxylic acids is 1. The highest BCUT2D eigenvalue weighted by Crippen LogP contribution is 2.10. The largest absolute Gasteiger partial charge is 0.360 e. The summed E-state index contributed by atoms with van der Waals surface area (Å²) in [4.78, 5) is 12.0. The van der Waals surface area contributed by atoms with Crippen molar-refractivity contribution in [2.75, 3.05) is 5.32 Å². The number of nitrogens with one attached hydrogen (secondary N) is 2. The SMILES string of the molecule is CCc1ccc(N/C=C(\C#N)C(=O)NCc2ccccc2)cc1. The number of anilines is 1. The van der Waals surface area contributed by atoms with E-state index < -0.39 is 5.91 Å². The lowest BCUT2D eigenvalue weighted by molar-refractivity contribution is -0.117. The number of hydrogen-bond acceptors (Lipinski definition) is 3. The van der Waals surface area contributed by atoms with E-state index >= 15 is 0 Å². The van der Waals surface area contributed by atoms with E-state index in [0.717, 1.165) is 17.7 Å². The molecular weight excluding hydrogens is 286 g/mol. The Morgan fingerprint density at radius 1 is 1.09 bits per heavy atom. The van der Waals surface area contributed by atoms with Crippen molar-refractivity contribution in [3.63, 3.8) is 0 Å². The normalized spacial score (nSPS) is 10.7. The molecule has 0 saturated heterocycles. The second-order valence-corrected chi connectivity index (χ2v) is 5.03. The van der Waals surface area contributed by atoms with Gasteiger partial charge in [-0.3, -0.25) is 4.79 Å². The minimum Gasteiger partial charge on any atom is -0.360 e. The standard InChI is InChI=1S/C19H19N3O/c1-2-15-8-10-18(11-9-15)21-14-17(12-20)19(23)22-13-16-6-4-3-5-7-16/h3-11,14,21H,2,13H2,1H3,(H,22,23)/b17-14+. The topological polar surface area (TPSA) is 64.9 Å². The van der Waals surface area contributed by atoms with Crippen molar-refractivity contribution in [2.24, 2.45) is 0 Å². The smallest absolute Gasteiger partial charge is 0.263 e. The Labute approximate surface area is 136 Å². The fourth-order valence-corrected chi connectivity index (χ4v) is 2.01. The Balaban J connectivity index is 1.94. The van der Waals surface area contributed by atoms with Crippen LogP contribution in [0, 0.1) is 11.3 Å². The summed E-state index contributed by atoms with van der Waals surface area (Å²) in [6, 6.07) is 19.4. The van der Waals surface area contributed by atoms with Crippen LogP contribution in [0.2, 0.25) is 0 Å². The van der Waals surface area contributed by atoms with Gasteiger partial charge in [0, 0.05) is 18.4 Å². The Morgan fingerprint density at radius 3 is 2.39 bits per heavy atom. The summed E-state index contributed by atoms with van der Waals surface area (Å²) in [6.07, 6.45) is 2.41. The molecule has 0 fully saturated rings. The first-order valence-corrected chi connectivity index (χ1v) is 7.50. The van der Waals surface area contributed by atoms with E-state index in [1.165, 1.54) is 11.8 Å². The molecule has 0 bridgehead atoms. The molecule has 23 heavy (non-hydrogen) atoms. The zero-order chi connectivity index (χ0) is 16.5. The Bertz CT molecular complexity index is 713. The molecule has 2 aromatic rings. The van der Waals surface area contributed by atoms with Crippen molar-refractivity contribution in [2.45, 2.75) is 19.9 Å². The molecule has 2 N–H and O–H groups in total. The summed E-state index contributed by atoms with van der Waals surface area (Å²) < 4.78 is 0. The number of aryl methyl sites for hydroxylation is 1. The Kier molecular flexibility index (Phi) is 5.96. The third-order valence-corrected chi connectivity index (χ3v) is 3.41. The van der Waals surface area contributed by atoms with Crippen LogP contribution in [0.4, 0.5) is 5.69 Å². The second kappa shape index (κ2) is 8.40. The molecule has 4 nitrogen and oxygen atoms in total. The quantitative estimate of drug-likeness (QED) is 0.635. The van der Waals surface area contributed by atoms with Crippen LogP contribution >= 0.6 is 0 Å². The maximum atomic E-state index is 12.0. The van der Waals surface area contributed by atoms with Crippen LogP contribution in [0.25, 0.3) is 0 Å². The summed E-state index contributed by atoms with van der Waals surface area (Å²) in [5.74, 6) is -0.394. The van der Waals surface area contributed by atoms with Gasteiger partial charge in [-0.15, -0.1) is 0 Å². The first kappa shape index (κ1) is 16.3. The van der Waals surface area contributed by atoms with Crippen LogP contribution in [0.3, 0.4) is 0 Å². The third-order valence-electron chi connectivity index (χ3n) is 3.41. The van der Waals surface area contributed by atoms with Crippen LogP contribution in [0.1, 0.15) is 18.1 Å². The molecule has 0 aromatic heterocycles. The minimum absolute atomic E-state index is 0.0421. The summed E-state index contributed by atoms with van der Waals surface area (Å²) in [7, 11) is 0. The van der Waals surface area contributed by atoms with Crippen molar-refractivity contribution in [3.05, 3.63) is 77.5 Å². The summed E-state index contributed by atoms with van der Waals surface area (Å²) in [6.45, 7) is 2.48. The van der Waals surface area contributed by atoms with Gasteiger partial charge in [0.2, 0.25) is 0 Å². The van der Waals surface area contributed by atoms with Gasteiger partial charge in [-0.05, 0) is 29.7 Å². The van der Waals surface area contributed by atoms with Gasteiger partial charge < -0.3 is 10.6 Å². The lowest BCUT2D eigenvalue weighted by Crippen LogP contribution is -2.24. The van der Waals surface area contributed by atoms with Gasteiger partial charge in [0.15, 0.2) is 0 Å². The first-order chi connectivity index (χ1) is 11.2. The number of amides is 1. The van der Waals surface area contributed by atoms with Crippen LogP contribution in [0.5, 0.6) is 0 Å². The predicted octanol–water partition coefficient (Wildman–Crippen LogP) is 3.38. The summed E-state index contributed by atoms with van der Waals surface area (Å²) in [5, 5.41) is 14.9. The molecule has 0 aliphatic carbocycles. The van der Waals surface area contributed by atoms with Crippen molar-refractivity contribution in [1.29, 1.82) is 5.26 Å². The van der Waals surface area contributed by atoms with Crippen LogP contribution in [-0.4, -0.2) is 5.91 Å². The number of rotatable bonds is 6. The van der Waals surface area contributed by atoms with E-state index in [9.17, 15) is 4.79 Å². The summed E-state index contributed by atoms with van der Waals surface area (Å²) in [5.41, 5.74) is 3.10. The first-order valence-electron chi connectivity index (χ1n) is 7.50. The maximum Gasteiger partial charge on any atom is 0.263 e. The lowest BCUT2D eigenvalue weighted by atomic mass is 10.1. The van der Waals surface area contributed by atoms with E-state index in [4.69, 9.17) is 5.26 Å². The number of hydrogen-bond donors (Lipinski definition) is 2. The fourth-order valence-electron chi connectivity index (χ4n) is 2.01. The highest BCUT2D eigenvalue weighted by molar-refractivity contribution is 5.97. The molecule has 0 saturated carbocycles. The van der Waals surface area contributed by atoms with E-state index in [2.05, 4.69) is 17.6 Å². The molecule has 1 amide bonds. The Morgan fingerprint density at radius 2 is 1.78 bits per heavy atom. The molecular formula is C19H19N3O. The van der Waals surface area contributed by atoms with Crippen molar-refractivity contribution < 1.29 is 4.79 Å². The van der Waals surface area contributed by atoms with Gasteiger partial charge >= 0.3 is 0 Å². The molecule has 0 aliphatic rings. The van der Waals surface area contributed by atoms with E-state index in [1.54, 1.807) is 0 Å². The highest BCUT2D eigenvalue weighted by atomic mass is 16.1. The van der Waals surface area contributed by atoms with Gasteiger partial charge in [0.25, 0.3) is 5.91 Å². The average molecular weight is 305 g/mol. The predicted molar refractivity (Wildman–Crippen MR) is 91.4 cm³/mol. The van der Waals surface area contributed by atoms with Crippen molar-refractivity contribution in [1.82, 2.24) is 5.32 Å². The van der Waals surface area contributed by atoms with E-state index in [1.807, 2.05) is 60.7 Å². The van der Waals surface area contributed by atoms with Crippen LogP contribution < -0.4 is 10.6 Å². The molecule has 0 heterocycles. The molecule has 116 valence electrons. The fraction of sp³-hybridized carbons (Fsp3) is 0.158. The summed E-state index contributed by atoms with van der Waals surface area (Å²) >= 11 is 0.